The second-order valence-electron chi connectivity index (χ2n) is 32.0. The van der Waals surface area contributed by atoms with E-state index in [1.54, 1.807) is 91.8 Å². The number of nitrogens with one attached hydrogen (secondary N) is 14. The van der Waals surface area contributed by atoms with Crippen LogP contribution in [0.2, 0.25) is 5.02 Å². The Morgan fingerprint density at radius 1 is 0.532 bits per heavy atom. The first-order valence-corrected chi connectivity index (χ1v) is 42.1. The minimum absolute atomic E-state index is 0.0148. The average molecular weight is 1750 g/mol. The number of imide groups is 1. The van der Waals surface area contributed by atoms with Gasteiger partial charge < -0.3 is 90.6 Å². The number of carbonyl (C=O) groups excluding carboxylic acids is 15. The number of urea groups is 2. The summed E-state index contributed by atoms with van der Waals surface area (Å²) in [4.78, 5) is 223. The molecule has 2 aliphatic rings. The number of primary amides is 2. The molecule has 0 radical (unpaired) electrons. The number of aliphatic hydroxyl groups excluding tert-OH is 1. The standard InChI is InChI=1S/C89H111ClN20O16/c1-51(2)40-67(79(116)100-66(20-11-14-36-93-52(3)4)87(124)110-39-15-21-75(110)86(123)96-53(5)77(91)114)101-81(118)69(43-57-27-34-63(35-28-57)99-88(92)125)103-82(119)70(44-56-25-32-62(33-26-56)98-78(115)72-46-76(113)108-89(126)107-72)104-85(122)74(50-111)106-84(121)73(49-109(47-64-18-9-12-37-94-64)48-65-19-10-13-38-95-65)105-83(120)71(42-55-23-30-61(90)31-24-55)102-80(117)68(97-54(6)112)45-58-22-29-59-16-7-8-17-60(59)41-58/h7-10,12-13,16-19,22-35,37-38,41,51-53,66-75,93,111H,11,14-15,20-21,36,39-40,42-50H2,1-6H3,(H2,91,114)(H,96,123)(H,97,112)(H,98,115)(H,100,116)(H,101,118)(H,102,117)(H,103,119)(H,104,122)(H,105,120)(H,106,121)(H3,92,99,125)(H2,107,108,113,126)/t53-,66+,67+,68-,69+,70+,71-,72+,73+,74+,75+/m1/s1. The number of rotatable bonds is 45. The highest BCUT2D eigenvalue weighted by Gasteiger charge is 2.41. The number of fused-ring (bicyclic) bond motifs is 1. The van der Waals surface area contributed by atoms with E-state index in [9.17, 15) is 48.3 Å². The van der Waals surface area contributed by atoms with Crippen LogP contribution in [-0.2, 0) is 101 Å². The number of unbranched alkanes of at least 4 members (excludes halogenated alkanes) is 1. The first-order chi connectivity index (χ1) is 60.2. The summed E-state index contributed by atoms with van der Waals surface area (Å²) in [7, 11) is 0. The summed E-state index contributed by atoms with van der Waals surface area (Å²) in [5.41, 5.74) is 14.2. The number of halogens is 1. The number of anilines is 2. The molecule has 2 fully saturated rings. The third-order valence-electron chi connectivity index (χ3n) is 21.0. The Morgan fingerprint density at radius 2 is 1.01 bits per heavy atom. The zero-order valence-electron chi connectivity index (χ0n) is 71.0. The van der Waals surface area contributed by atoms with Gasteiger partial charge in [0.25, 0.3) is 0 Å². The van der Waals surface area contributed by atoms with Crippen LogP contribution in [0.4, 0.5) is 21.0 Å². The van der Waals surface area contributed by atoms with Gasteiger partial charge in [0.1, 0.15) is 66.5 Å². The summed E-state index contributed by atoms with van der Waals surface area (Å²) in [6, 6.07) is 24.2. The molecule has 0 bridgehead atoms. The topological polar surface area (TPSA) is 529 Å². The Kier molecular flexibility index (Phi) is 36.4. The molecular formula is C89H111ClN20O16. The number of amides is 17. The number of nitrogens with zero attached hydrogens (tertiary/aromatic N) is 4. The normalized spacial score (nSPS) is 15.8. The fraction of sp³-hybridized carbons (Fsp3) is 0.404. The van der Waals surface area contributed by atoms with Gasteiger partial charge in [-0.2, -0.15) is 0 Å². The third kappa shape index (κ3) is 30.6. The number of aliphatic hydroxyl groups is 1. The number of nitrogens with two attached hydrogens (primary N) is 2. The minimum atomic E-state index is -1.97. The molecule has 0 aliphatic carbocycles. The molecular weight excluding hydrogens is 1640 g/mol. The summed E-state index contributed by atoms with van der Waals surface area (Å²) in [6.45, 7) is 9.40. The highest BCUT2D eigenvalue weighted by atomic mass is 35.5. The summed E-state index contributed by atoms with van der Waals surface area (Å²) in [6.07, 6.45) is 3.44. The van der Waals surface area contributed by atoms with Gasteiger partial charge in [0.2, 0.25) is 76.8 Å². The molecule has 670 valence electrons. The maximum Gasteiger partial charge on any atom is 0.322 e. The molecule has 36 nitrogen and oxygen atoms in total. The lowest BCUT2D eigenvalue weighted by molar-refractivity contribution is -0.142. The van der Waals surface area contributed by atoms with Gasteiger partial charge in [-0.15, -0.1) is 0 Å². The number of aromatic nitrogens is 2. The molecule has 5 aromatic carbocycles. The van der Waals surface area contributed by atoms with Crippen molar-refractivity contribution in [1.82, 2.24) is 83.6 Å². The Bertz CT molecular complexity index is 4920. The second kappa shape index (κ2) is 47.5. The van der Waals surface area contributed by atoms with Gasteiger partial charge in [-0.1, -0.05) is 130 Å². The van der Waals surface area contributed by atoms with Gasteiger partial charge >= 0.3 is 12.1 Å². The van der Waals surface area contributed by atoms with Gasteiger partial charge in [0.15, 0.2) is 0 Å². The second-order valence-corrected chi connectivity index (χ2v) is 32.4. The van der Waals surface area contributed by atoms with E-state index < -0.39 is 168 Å². The van der Waals surface area contributed by atoms with Crippen LogP contribution in [0.3, 0.4) is 0 Å². The van der Waals surface area contributed by atoms with Crippen molar-refractivity contribution in [3.8, 4) is 0 Å². The molecule has 37 heteroatoms. The van der Waals surface area contributed by atoms with Crippen molar-refractivity contribution in [1.29, 1.82) is 0 Å². The average Bonchev–Trinajstić information content (AvgIpc) is 1.57. The molecule has 7 aromatic rings. The molecule has 9 rings (SSSR count). The lowest BCUT2D eigenvalue weighted by Crippen LogP contribution is -2.62. The van der Waals surface area contributed by atoms with Crippen molar-refractivity contribution in [2.45, 2.75) is 198 Å². The summed E-state index contributed by atoms with van der Waals surface area (Å²) >= 11 is 6.35. The largest absolute Gasteiger partial charge is 0.394 e. The van der Waals surface area contributed by atoms with E-state index in [0.29, 0.717) is 58.9 Å². The van der Waals surface area contributed by atoms with E-state index in [4.69, 9.17) is 23.1 Å². The Hall–Kier alpha value is -13.3. The minimum Gasteiger partial charge on any atom is -0.394 e. The summed E-state index contributed by atoms with van der Waals surface area (Å²) < 4.78 is 0. The molecule has 2 aliphatic heterocycles. The van der Waals surface area contributed by atoms with Crippen LogP contribution in [-0.4, -0.2) is 212 Å². The van der Waals surface area contributed by atoms with Crippen LogP contribution in [0.15, 0.2) is 164 Å². The number of hydrogen-bond acceptors (Lipinski definition) is 20. The fourth-order valence-corrected chi connectivity index (χ4v) is 14.6. The van der Waals surface area contributed by atoms with Gasteiger partial charge in [-0.05, 0) is 152 Å². The van der Waals surface area contributed by atoms with Crippen molar-refractivity contribution < 1.29 is 77.0 Å². The van der Waals surface area contributed by atoms with Crippen molar-refractivity contribution in [3.63, 3.8) is 0 Å². The lowest BCUT2D eigenvalue weighted by Gasteiger charge is -2.31. The molecule has 2 saturated heterocycles. The van der Waals surface area contributed by atoms with Crippen molar-refractivity contribution >= 4 is 123 Å². The summed E-state index contributed by atoms with van der Waals surface area (Å²) in [5, 5.41) is 51.0. The number of carbonyl (C=O) groups is 15. The van der Waals surface area contributed by atoms with Crippen molar-refractivity contribution in [2.24, 2.45) is 17.4 Å². The molecule has 0 spiro atoms. The number of hydrogen-bond donors (Lipinski definition) is 17. The van der Waals surface area contributed by atoms with Crippen molar-refractivity contribution in [3.05, 3.63) is 203 Å². The van der Waals surface area contributed by atoms with E-state index >= 15 is 28.8 Å². The molecule has 2 aromatic heterocycles. The Labute approximate surface area is 734 Å². The fourth-order valence-electron chi connectivity index (χ4n) is 14.5. The van der Waals surface area contributed by atoms with E-state index in [2.05, 4.69) is 84.4 Å². The van der Waals surface area contributed by atoms with Crippen LogP contribution < -0.4 is 85.9 Å². The highest BCUT2D eigenvalue weighted by Crippen LogP contribution is 2.24. The predicted octanol–water partition coefficient (Wildman–Crippen LogP) is 2.37. The zero-order valence-corrected chi connectivity index (χ0v) is 71.8. The van der Waals surface area contributed by atoms with Gasteiger partial charge in [0, 0.05) is 93.6 Å². The number of likely N-dealkylation sites (tertiary alicyclic amines) is 1. The van der Waals surface area contributed by atoms with Crippen LogP contribution in [0.1, 0.15) is 120 Å². The summed E-state index contributed by atoms with van der Waals surface area (Å²) in [5.74, 6) is -11.1. The van der Waals surface area contributed by atoms with Crippen LogP contribution in [0.25, 0.3) is 10.8 Å². The predicted molar refractivity (Wildman–Crippen MR) is 469 cm³/mol. The van der Waals surface area contributed by atoms with Crippen molar-refractivity contribution in [2.75, 3.05) is 36.9 Å². The van der Waals surface area contributed by atoms with E-state index in [1.807, 2.05) is 56.3 Å². The third-order valence-corrected chi connectivity index (χ3v) is 21.2. The number of benzene rings is 5. The number of pyridine rings is 2. The monoisotopic (exact) mass is 1750 g/mol. The van der Waals surface area contributed by atoms with E-state index in [1.165, 1.54) is 67.3 Å². The van der Waals surface area contributed by atoms with E-state index in [0.717, 1.165) is 10.8 Å². The maximum absolute atomic E-state index is 15.7. The Morgan fingerprint density at radius 3 is 1.52 bits per heavy atom. The quantitative estimate of drug-likeness (QED) is 0.0244. The molecule has 4 heterocycles. The SMILES string of the molecule is CC(=O)N[C@H](Cc1ccc2ccccc2c1)C(=O)N[C@H](Cc1ccc(Cl)cc1)C(=O)N[C@@H](CN(Cc1ccccn1)Cc1ccccn1)C(=O)N[C@@H](CO)C(=O)N[C@@H](Cc1ccc(NC(=O)[C@@H]2CC(=O)NC(=O)N2)cc1)C(=O)N[C@@H](Cc1ccc(NC(N)=O)cc1)C(=O)N[C@@H](CC(C)C)C(=O)N[C@@H](CCCCNC(C)C)C(=O)N1CCC[C@H]1C(=O)N[C@H](C)C(N)=O. The smallest absolute Gasteiger partial charge is 0.322 e. The van der Waals surface area contributed by atoms with Crippen LogP contribution >= 0.6 is 11.6 Å². The molecule has 126 heavy (non-hydrogen) atoms. The molecule has 17 amide bonds. The first kappa shape index (κ1) is 96.5. The Balaban J connectivity index is 1.05. The first-order valence-electron chi connectivity index (χ1n) is 41.8. The highest BCUT2D eigenvalue weighted by molar-refractivity contribution is 6.30. The van der Waals surface area contributed by atoms with Gasteiger partial charge in [-0.3, -0.25) is 82.5 Å². The molecule has 0 unspecified atom stereocenters. The van der Waals surface area contributed by atoms with Gasteiger partial charge in [0.05, 0.1) is 24.4 Å². The molecule has 0 saturated carbocycles. The molecule has 19 N–H and O–H groups in total. The maximum atomic E-state index is 15.7. The van der Waals surface area contributed by atoms with Crippen LogP contribution in [0.5, 0.6) is 0 Å². The zero-order chi connectivity index (χ0) is 91.1. The lowest BCUT2D eigenvalue weighted by atomic mass is 9.99. The molecule has 11 atom stereocenters. The van der Waals surface area contributed by atoms with Crippen LogP contribution in [0, 0.1) is 5.92 Å². The van der Waals surface area contributed by atoms with E-state index in [-0.39, 0.29) is 100 Å². The van der Waals surface area contributed by atoms with Gasteiger partial charge in [-0.25, -0.2) is 9.59 Å².